The van der Waals surface area contributed by atoms with Crippen LogP contribution < -0.4 is 15.5 Å². The summed E-state index contributed by atoms with van der Waals surface area (Å²) >= 11 is 0. The summed E-state index contributed by atoms with van der Waals surface area (Å²) in [4.78, 5) is 22.5. The lowest BCUT2D eigenvalue weighted by Gasteiger charge is -2.18. The average Bonchev–Trinajstić information content (AvgIpc) is 2.40. The molecule has 0 saturated heterocycles. The van der Waals surface area contributed by atoms with Crippen LogP contribution in [0.25, 0.3) is 11.0 Å². The van der Waals surface area contributed by atoms with Crippen molar-refractivity contribution in [2.24, 2.45) is 0 Å². The lowest BCUT2D eigenvalue weighted by molar-refractivity contribution is -0.312. The Labute approximate surface area is 115 Å². The molecule has 0 N–H and O–H groups in total. The zero-order valence-electron chi connectivity index (χ0n) is 11.8. The monoisotopic (exact) mass is 275 g/mol. The van der Waals surface area contributed by atoms with Gasteiger partial charge in [0.05, 0.1) is 5.97 Å². The number of carboxylic acids is 1. The molecule has 1 aromatic heterocycles. The lowest BCUT2D eigenvalue weighted by atomic mass is 10.0. The van der Waals surface area contributed by atoms with Crippen LogP contribution in [0, 0.1) is 20.8 Å². The normalized spacial score (nSPS) is 12.4. The second-order valence-corrected chi connectivity index (χ2v) is 4.78. The predicted molar refractivity (Wildman–Crippen MR) is 71.8 cm³/mol. The van der Waals surface area contributed by atoms with E-state index in [1.807, 2.05) is 6.92 Å². The standard InChI is InChI=1S/C15H16O5/c1-7-8(2)15(18)20-13-9(3)12(6-5-11(7)13)19-10(4)14(16)17/h5-6,10H,1-4H3,(H,16,17)/p-1/t10-/m1/s1. The second kappa shape index (κ2) is 5.00. The van der Waals surface area contributed by atoms with Gasteiger partial charge in [0.15, 0.2) is 0 Å². The number of benzene rings is 1. The van der Waals surface area contributed by atoms with Crippen molar-refractivity contribution in [3.63, 3.8) is 0 Å². The number of hydrogen-bond acceptors (Lipinski definition) is 5. The number of rotatable bonds is 3. The van der Waals surface area contributed by atoms with Gasteiger partial charge in [-0.2, -0.15) is 0 Å². The number of aliphatic carboxylic acids is 1. The highest BCUT2D eigenvalue weighted by atomic mass is 16.5. The fourth-order valence-electron chi connectivity index (χ4n) is 1.99. The van der Waals surface area contributed by atoms with Crippen molar-refractivity contribution in [3.05, 3.63) is 39.2 Å². The third kappa shape index (κ3) is 2.27. The van der Waals surface area contributed by atoms with Crippen molar-refractivity contribution in [3.8, 4) is 5.75 Å². The Hall–Kier alpha value is -2.30. The van der Waals surface area contributed by atoms with Gasteiger partial charge in [0.1, 0.15) is 17.4 Å². The molecule has 0 aliphatic carbocycles. The topological polar surface area (TPSA) is 79.6 Å². The molecule has 0 fully saturated rings. The Morgan fingerprint density at radius 2 is 1.85 bits per heavy atom. The van der Waals surface area contributed by atoms with E-state index in [0.29, 0.717) is 22.5 Å². The molecule has 0 unspecified atom stereocenters. The summed E-state index contributed by atoms with van der Waals surface area (Å²) in [6.07, 6.45) is -1.08. The van der Waals surface area contributed by atoms with Gasteiger partial charge in [0.2, 0.25) is 0 Å². The van der Waals surface area contributed by atoms with Crippen LogP contribution in [0.4, 0.5) is 0 Å². The largest absolute Gasteiger partial charge is 0.546 e. The molecule has 2 aromatic rings. The Morgan fingerprint density at radius 1 is 1.20 bits per heavy atom. The van der Waals surface area contributed by atoms with E-state index < -0.39 is 17.7 Å². The molecule has 0 bridgehead atoms. The molecule has 5 heteroatoms. The third-order valence-electron chi connectivity index (χ3n) is 3.46. The Morgan fingerprint density at radius 3 is 2.45 bits per heavy atom. The van der Waals surface area contributed by atoms with Crippen molar-refractivity contribution in [2.45, 2.75) is 33.8 Å². The molecule has 20 heavy (non-hydrogen) atoms. The van der Waals surface area contributed by atoms with Gasteiger partial charge in [0.25, 0.3) is 0 Å². The van der Waals surface area contributed by atoms with Crippen LogP contribution in [0.2, 0.25) is 0 Å². The summed E-state index contributed by atoms with van der Waals surface area (Å²) in [5, 5.41) is 11.5. The minimum atomic E-state index is -1.30. The summed E-state index contributed by atoms with van der Waals surface area (Å²) < 4.78 is 10.6. The maximum Gasteiger partial charge on any atom is 0.339 e. The molecule has 5 nitrogen and oxygen atoms in total. The van der Waals surface area contributed by atoms with Gasteiger partial charge < -0.3 is 19.1 Å². The molecule has 0 aliphatic rings. The van der Waals surface area contributed by atoms with Crippen molar-refractivity contribution in [1.82, 2.24) is 0 Å². The molecule has 1 heterocycles. The summed E-state index contributed by atoms with van der Waals surface area (Å²) in [5.74, 6) is -0.938. The molecule has 0 saturated carbocycles. The van der Waals surface area contributed by atoms with E-state index >= 15 is 0 Å². The molecule has 0 aliphatic heterocycles. The molecule has 0 radical (unpaired) electrons. The van der Waals surface area contributed by atoms with E-state index in [2.05, 4.69) is 0 Å². The van der Waals surface area contributed by atoms with E-state index in [9.17, 15) is 14.7 Å². The lowest BCUT2D eigenvalue weighted by Crippen LogP contribution is -2.37. The fraction of sp³-hybridized carbons (Fsp3) is 0.333. The van der Waals surface area contributed by atoms with Crippen LogP contribution >= 0.6 is 0 Å². The van der Waals surface area contributed by atoms with Crippen LogP contribution in [0.3, 0.4) is 0 Å². The van der Waals surface area contributed by atoms with E-state index in [4.69, 9.17) is 9.15 Å². The number of ether oxygens (including phenoxy) is 1. The molecule has 106 valence electrons. The van der Waals surface area contributed by atoms with Crippen molar-refractivity contribution in [1.29, 1.82) is 0 Å². The first kappa shape index (κ1) is 14.1. The van der Waals surface area contributed by atoms with Crippen molar-refractivity contribution in [2.75, 3.05) is 0 Å². The maximum atomic E-state index is 11.7. The minimum absolute atomic E-state index is 0.362. The SMILES string of the molecule is Cc1c(C)c2ccc(O[C@H](C)C(=O)[O-])c(C)c2oc1=O. The van der Waals surface area contributed by atoms with E-state index in [0.717, 1.165) is 10.9 Å². The Bertz CT molecular complexity index is 742. The molecule has 0 amide bonds. The maximum absolute atomic E-state index is 11.7. The summed E-state index contributed by atoms with van der Waals surface area (Å²) in [5.41, 5.74) is 2.02. The highest BCUT2D eigenvalue weighted by Crippen LogP contribution is 2.29. The molecule has 1 atom stereocenters. The van der Waals surface area contributed by atoms with Gasteiger partial charge >= 0.3 is 5.63 Å². The molecule has 2 rings (SSSR count). The van der Waals surface area contributed by atoms with Crippen LogP contribution in [0.5, 0.6) is 5.75 Å². The molecular weight excluding hydrogens is 260 g/mol. The highest BCUT2D eigenvalue weighted by Gasteiger charge is 2.14. The van der Waals surface area contributed by atoms with Gasteiger partial charge in [-0.1, -0.05) is 0 Å². The van der Waals surface area contributed by atoms with Crippen LogP contribution in [-0.2, 0) is 4.79 Å². The zero-order chi connectivity index (χ0) is 15.0. The second-order valence-electron chi connectivity index (χ2n) is 4.78. The minimum Gasteiger partial charge on any atom is -0.546 e. The predicted octanol–water partition coefficient (Wildman–Crippen LogP) is 1.24. The van der Waals surface area contributed by atoms with Gasteiger partial charge in [0, 0.05) is 16.5 Å². The van der Waals surface area contributed by atoms with Gasteiger partial charge in [-0.3, -0.25) is 0 Å². The third-order valence-corrected chi connectivity index (χ3v) is 3.46. The number of fused-ring (bicyclic) bond motifs is 1. The first-order valence-corrected chi connectivity index (χ1v) is 6.24. The first-order valence-electron chi connectivity index (χ1n) is 6.24. The number of carbonyl (C=O) groups is 1. The Balaban J connectivity index is 2.63. The molecule has 0 spiro atoms. The summed E-state index contributed by atoms with van der Waals surface area (Å²) in [6, 6.07) is 3.43. The average molecular weight is 275 g/mol. The number of aryl methyl sites for hydroxylation is 2. The summed E-state index contributed by atoms with van der Waals surface area (Å²) in [7, 11) is 0. The number of carbonyl (C=O) groups excluding carboxylic acids is 1. The van der Waals surface area contributed by atoms with Crippen LogP contribution in [0.1, 0.15) is 23.6 Å². The van der Waals surface area contributed by atoms with Gasteiger partial charge in [-0.25, -0.2) is 4.79 Å². The number of carboxylic acid groups (broad SMARTS) is 1. The van der Waals surface area contributed by atoms with E-state index in [1.54, 1.807) is 26.0 Å². The van der Waals surface area contributed by atoms with Gasteiger partial charge in [-0.05, 0) is 45.4 Å². The first-order chi connectivity index (χ1) is 9.32. The van der Waals surface area contributed by atoms with Crippen molar-refractivity contribution >= 4 is 16.9 Å². The summed E-state index contributed by atoms with van der Waals surface area (Å²) in [6.45, 7) is 6.66. The number of hydrogen-bond donors (Lipinski definition) is 0. The molecular formula is C15H15O5-. The van der Waals surface area contributed by atoms with E-state index in [-0.39, 0.29) is 0 Å². The quantitative estimate of drug-likeness (QED) is 0.787. The zero-order valence-corrected chi connectivity index (χ0v) is 11.8. The van der Waals surface area contributed by atoms with Crippen LogP contribution in [0.15, 0.2) is 21.3 Å². The Kier molecular flexibility index (Phi) is 3.53. The van der Waals surface area contributed by atoms with E-state index in [1.165, 1.54) is 6.92 Å². The van der Waals surface area contributed by atoms with Crippen molar-refractivity contribution < 1.29 is 19.1 Å². The fourth-order valence-corrected chi connectivity index (χ4v) is 1.99. The van der Waals surface area contributed by atoms with Gasteiger partial charge in [-0.15, -0.1) is 0 Å². The highest BCUT2D eigenvalue weighted by molar-refractivity contribution is 5.85. The van der Waals surface area contributed by atoms with Crippen LogP contribution in [-0.4, -0.2) is 12.1 Å². The smallest absolute Gasteiger partial charge is 0.339 e. The molecule has 1 aromatic carbocycles.